The van der Waals surface area contributed by atoms with Crippen LogP contribution in [0.15, 0.2) is 18.6 Å². The molecular formula is C12H19N5. The van der Waals surface area contributed by atoms with E-state index in [0.29, 0.717) is 0 Å². The summed E-state index contributed by atoms with van der Waals surface area (Å²) in [6, 6.07) is 0. The Morgan fingerprint density at radius 1 is 1.18 bits per heavy atom. The largest absolute Gasteiger partial charge is 0.378 e. The lowest BCUT2D eigenvalue weighted by molar-refractivity contribution is 0.653. The third-order valence-electron chi connectivity index (χ3n) is 2.76. The highest BCUT2D eigenvalue weighted by atomic mass is 15.3. The molecule has 2 heterocycles. The van der Waals surface area contributed by atoms with E-state index in [9.17, 15) is 0 Å². The van der Waals surface area contributed by atoms with Crippen molar-refractivity contribution < 1.29 is 0 Å². The van der Waals surface area contributed by atoms with Gasteiger partial charge < -0.3 is 5.32 Å². The number of aromatic nitrogens is 4. The van der Waals surface area contributed by atoms with Crippen LogP contribution in [-0.2, 0) is 19.6 Å². The zero-order chi connectivity index (χ0) is 12.3. The van der Waals surface area contributed by atoms with Gasteiger partial charge in [-0.05, 0) is 20.8 Å². The summed E-state index contributed by atoms with van der Waals surface area (Å²) in [5, 5.41) is 12.0. The average molecular weight is 233 g/mol. The lowest BCUT2D eigenvalue weighted by Crippen LogP contribution is -1.99. The van der Waals surface area contributed by atoms with Crippen LogP contribution >= 0.6 is 0 Å². The van der Waals surface area contributed by atoms with Gasteiger partial charge in [0, 0.05) is 37.6 Å². The first kappa shape index (κ1) is 11.7. The molecule has 5 heteroatoms. The maximum Gasteiger partial charge on any atom is 0.0825 e. The maximum absolute atomic E-state index is 4.40. The fourth-order valence-electron chi connectivity index (χ4n) is 1.72. The topological polar surface area (TPSA) is 47.7 Å². The number of anilines is 1. The molecule has 17 heavy (non-hydrogen) atoms. The van der Waals surface area contributed by atoms with E-state index in [1.165, 1.54) is 5.56 Å². The minimum absolute atomic E-state index is 0.788. The standard InChI is InChI=1S/C12H19N5/c1-4-16-8-11(7-14-16)6-13-12-9-17(5-2)15-10(12)3/h7-9,13H,4-6H2,1-3H3. The number of nitrogens with one attached hydrogen (secondary N) is 1. The Bertz CT molecular complexity index is 483. The minimum Gasteiger partial charge on any atom is -0.378 e. The van der Waals surface area contributed by atoms with Gasteiger partial charge in [-0.25, -0.2) is 0 Å². The Hall–Kier alpha value is -1.78. The van der Waals surface area contributed by atoms with Crippen LogP contribution < -0.4 is 5.32 Å². The Kier molecular flexibility index (Phi) is 3.46. The van der Waals surface area contributed by atoms with Gasteiger partial charge in [0.25, 0.3) is 0 Å². The molecule has 0 saturated carbocycles. The fraction of sp³-hybridized carbons (Fsp3) is 0.500. The van der Waals surface area contributed by atoms with Crippen molar-refractivity contribution in [2.24, 2.45) is 0 Å². The van der Waals surface area contributed by atoms with Crippen molar-refractivity contribution in [1.82, 2.24) is 19.6 Å². The van der Waals surface area contributed by atoms with Crippen molar-refractivity contribution in [2.75, 3.05) is 5.32 Å². The van der Waals surface area contributed by atoms with Crippen molar-refractivity contribution in [1.29, 1.82) is 0 Å². The van der Waals surface area contributed by atoms with Gasteiger partial charge in [-0.2, -0.15) is 10.2 Å². The molecule has 0 spiro atoms. The number of hydrogen-bond acceptors (Lipinski definition) is 3. The van der Waals surface area contributed by atoms with E-state index in [-0.39, 0.29) is 0 Å². The number of aryl methyl sites for hydroxylation is 3. The molecule has 0 saturated heterocycles. The maximum atomic E-state index is 4.40. The highest BCUT2D eigenvalue weighted by Crippen LogP contribution is 2.13. The van der Waals surface area contributed by atoms with E-state index in [0.717, 1.165) is 31.0 Å². The summed E-state index contributed by atoms with van der Waals surface area (Å²) in [4.78, 5) is 0. The molecular weight excluding hydrogens is 214 g/mol. The number of rotatable bonds is 5. The predicted octanol–water partition coefficient (Wildman–Crippen LogP) is 2.04. The zero-order valence-corrected chi connectivity index (χ0v) is 10.6. The third-order valence-corrected chi connectivity index (χ3v) is 2.76. The Morgan fingerprint density at radius 2 is 1.94 bits per heavy atom. The monoisotopic (exact) mass is 233 g/mol. The average Bonchev–Trinajstić information content (AvgIpc) is 2.93. The highest BCUT2D eigenvalue weighted by Gasteiger charge is 2.04. The summed E-state index contributed by atoms with van der Waals surface area (Å²) in [5.74, 6) is 0. The normalized spacial score (nSPS) is 10.8. The SMILES string of the molecule is CCn1cc(CNc2cn(CC)nc2C)cn1. The Labute approximate surface area is 101 Å². The first-order chi connectivity index (χ1) is 8.22. The number of nitrogens with zero attached hydrogens (tertiary/aromatic N) is 4. The van der Waals surface area contributed by atoms with E-state index >= 15 is 0 Å². The highest BCUT2D eigenvalue weighted by molar-refractivity contribution is 5.45. The molecule has 0 aliphatic heterocycles. The lowest BCUT2D eigenvalue weighted by atomic mass is 10.3. The van der Waals surface area contributed by atoms with Gasteiger partial charge in [-0.1, -0.05) is 0 Å². The third kappa shape index (κ3) is 2.67. The summed E-state index contributed by atoms with van der Waals surface area (Å²) < 4.78 is 3.87. The van der Waals surface area contributed by atoms with Crippen LogP contribution in [-0.4, -0.2) is 19.6 Å². The van der Waals surface area contributed by atoms with Crippen molar-refractivity contribution in [3.05, 3.63) is 29.8 Å². The molecule has 0 aromatic carbocycles. The lowest BCUT2D eigenvalue weighted by Gasteiger charge is -2.01. The van der Waals surface area contributed by atoms with Crippen molar-refractivity contribution >= 4 is 5.69 Å². The van der Waals surface area contributed by atoms with Crippen molar-refractivity contribution in [2.45, 2.75) is 40.4 Å². The molecule has 2 rings (SSSR count). The van der Waals surface area contributed by atoms with Crippen LogP contribution in [0.4, 0.5) is 5.69 Å². The van der Waals surface area contributed by atoms with Crippen LogP contribution in [0.2, 0.25) is 0 Å². The first-order valence-corrected chi connectivity index (χ1v) is 6.02. The molecule has 0 unspecified atom stereocenters. The molecule has 1 N–H and O–H groups in total. The Balaban J connectivity index is 1.99. The van der Waals surface area contributed by atoms with Crippen molar-refractivity contribution in [3.8, 4) is 0 Å². The van der Waals surface area contributed by atoms with Gasteiger partial charge in [-0.15, -0.1) is 0 Å². The molecule has 0 fully saturated rings. The zero-order valence-electron chi connectivity index (χ0n) is 10.6. The van der Waals surface area contributed by atoms with E-state index in [4.69, 9.17) is 0 Å². The van der Waals surface area contributed by atoms with E-state index in [1.807, 2.05) is 28.7 Å². The molecule has 0 atom stereocenters. The molecule has 92 valence electrons. The van der Waals surface area contributed by atoms with Gasteiger partial charge in [0.2, 0.25) is 0 Å². The summed E-state index contributed by atoms with van der Waals surface area (Å²) in [5.41, 5.74) is 3.32. The molecule has 0 radical (unpaired) electrons. The summed E-state index contributed by atoms with van der Waals surface area (Å²) in [6.45, 7) is 8.78. The second kappa shape index (κ2) is 5.03. The predicted molar refractivity (Wildman–Crippen MR) is 67.9 cm³/mol. The van der Waals surface area contributed by atoms with Crippen LogP contribution in [0.5, 0.6) is 0 Å². The second-order valence-electron chi connectivity index (χ2n) is 4.04. The van der Waals surface area contributed by atoms with Crippen LogP contribution in [0.3, 0.4) is 0 Å². The van der Waals surface area contributed by atoms with Crippen LogP contribution in [0, 0.1) is 6.92 Å². The molecule has 5 nitrogen and oxygen atoms in total. The molecule has 0 aliphatic rings. The summed E-state index contributed by atoms with van der Waals surface area (Å²) in [6.07, 6.45) is 6.00. The minimum atomic E-state index is 0.788. The summed E-state index contributed by atoms with van der Waals surface area (Å²) in [7, 11) is 0. The van der Waals surface area contributed by atoms with Gasteiger partial charge in [0.05, 0.1) is 17.6 Å². The van der Waals surface area contributed by atoms with Gasteiger partial charge >= 0.3 is 0 Å². The quantitative estimate of drug-likeness (QED) is 0.859. The van der Waals surface area contributed by atoms with Gasteiger partial charge in [0.1, 0.15) is 0 Å². The molecule has 0 amide bonds. The van der Waals surface area contributed by atoms with E-state index in [2.05, 4.69) is 35.6 Å². The molecule has 2 aromatic rings. The first-order valence-electron chi connectivity index (χ1n) is 6.02. The van der Waals surface area contributed by atoms with E-state index in [1.54, 1.807) is 0 Å². The number of hydrogen-bond donors (Lipinski definition) is 1. The van der Waals surface area contributed by atoms with E-state index < -0.39 is 0 Å². The molecule has 2 aromatic heterocycles. The van der Waals surface area contributed by atoms with Crippen LogP contribution in [0.25, 0.3) is 0 Å². The summed E-state index contributed by atoms with van der Waals surface area (Å²) >= 11 is 0. The second-order valence-corrected chi connectivity index (χ2v) is 4.04. The van der Waals surface area contributed by atoms with Crippen molar-refractivity contribution in [3.63, 3.8) is 0 Å². The fourth-order valence-corrected chi connectivity index (χ4v) is 1.72. The smallest absolute Gasteiger partial charge is 0.0825 e. The van der Waals surface area contributed by atoms with Gasteiger partial charge in [0.15, 0.2) is 0 Å². The van der Waals surface area contributed by atoms with Crippen LogP contribution in [0.1, 0.15) is 25.1 Å². The van der Waals surface area contributed by atoms with Gasteiger partial charge in [-0.3, -0.25) is 9.36 Å². The molecule has 0 bridgehead atoms. The Morgan fingerprint density at radius 3 is 2.53 bits per heavy atom. The molecule has 0 aliphatic carbocycles.